The van der Waals surface area contributed by atoms with Crippen molar-refractivity contribution in [3.63, 3.8) is 0 Å². The lowest BCUT2D eigenvalue weighted by Gasteiger charge is -2.30. The van der Waals surface area contributed by atoms with Crippen LogP contribution >= 0.6 is 0 Å². The summed E-state index contributed by atoms with van der Waals surface area (Å²) in [6, 6.07) is 0. The van der Waals surface area contributed by atoms with Crippen LogP contribution in [0, 0.1) is 10.8 Å². The summed E-state index contributed by atoms with van der Waals surface area (Å²) < 4.78 is 10.8. The fourth-order valence-corrected chi connectivity index (χ4v) is 3.17. The second kappa shape index (κ2) is 2.92. The number of ketones is 1. The van der Waals surface area contributed by atoms with Crippen molar-refractivity contribution < 1.29 is 19.1 Å². The van der Waals surface area contributed by atoms with E-state index < -0.39 is 11.7 Å². The van der Waals surface area contributed by atoms with Crippen LogP contribution in [0.5, 0.6) is 0 Å². The van der Waals surface area contributed by atoms with E-state index >= 15 is 0 Å². The van der Waals surface area contributed by atoms with E-state index in [-0.39, 0.29) is 23.6 Å². The van der Waals surface area contributed by atoms with Crippen LogP contribution in [0.4, 0.5) is 0 Å². The summed E-state index contributed by atoms with van der Waals surface area (Å²) >= 11 is 0. The molecule has 2 heterocycles. The molecule has 0 N–H and O–H groups in total. The number of allylic oxidation sites excluding steroid dienone is 1. The summed E-state index contributed by atoms with van der Waals surface area (Å²) in [4.78, 5) is 23.6. The summed E-state index contributed by atoms with van der Waals surface area (Å²) in [5.74, 6) is 0.576. The third-order valence-corrected chi connectivity index (χ3v) is 3.93. The molecule has 3 rings (SSSR count). The summed E-state index contributed by atoms with van der Waals surface area (Å²) in [6.07, 6.45) is 0.935. The third kappa shape index (κ3) is 1.36. The van der Waals surface area contributed by atoms with E-state index in [1.807, 2.05) is 6.92 Å². The monoisotopic (exact) mass is 236 g/mol. The van der Waals surface area contributed by atoms with Gasteiger partial charge in [-0.05, 0) is 12.3 Å². The molecule has 2 atom stereocenters. The normalized spacial score (nSPS) is 38.6. The minimum atomic E-state index is -0.585. The van der Waals surface area contributed by atoms with Crippen LogP contribution < -0.4 is 0 Å². The van der Waals surface area contributed by atoms with Crippen LogP contribution in [0.15, 0.2) is 11.3 Å². The van der Waals surface area contributed by atoms with E-state index in [1.54, 1.807) is 0 Å². The molecule has 0 radical (unpaired) electrons. The van der Waals surface area contributed by atoms with Gasteiger partial charge in [0.1, 0.15) is 5.76 Å². The first-order chi connectivity index (χ1) is 7.82. The minimum absolute atomic E-state index is 0.0606. The topological polar surface area (TPSA) is 52.6 Å². The van der Waals surface area contributed by atoms with Gasteiger partial charge in [0.2, 0.25) is 0 Å². The number of ether oxygens (including phenoxy) is 2. The van der Waals surface area contributed by atoms with Crippen molar-refractivity contribution in [2.45, 2.75) is 46.3 Å². The molecule has 92 valence electrons. The molecule has 0 spiro atoms. The fraction of sp³-hybridized carbons (Fsp3) is 0.692. The first-order valence-corrected chi connectivity index (χ1v) is 5.95. The standard InChI is InChI=1S/C13H16O4/c1-12(2)4-7(14)10-8(5-12)16-11-13(10,3)6-9(15)17-11/h11H,4-6H2,1-3H3/t11-,13+/m1/s1. The highest BCUT2D eigenvalue weighted by atomic mass is 16.7. The number of Topliss-reactive ketones (excluding diaryl/α,β-unsaturated/α-hetero) is 1. The first kappa shape index (κ1) is 10.8. The summed E-state index contributed by atoms with van der Waals surface area (Å²) in [5.41, 5.74) is 0.0854. The molecule has 0 aromatic rings. The highest BCUT2D eigenvalue weighted by molar-refractivity contribution is 6.00. The Morgan fingerprint density at radius 2 is 1.76 bits per heavy atom. The summed E-state index contributed by atoms with van der Waals surface area (Å²) in [5, 5.41) is 0. The molecule has 4 heteroatoms. The molecule has 1 saturated heterocycles. The van der Waals surface area contributed by atoms with E-state index in [9.17, 15) is 9.59 Å². The molecular weight excluding hydrogens is 220 g/mol. The van der Waals surface area contributed by atoms with Crippen LogP contribution in [-0.2, 0) is 19.1 Å². The smallest absolute Gasteiger partial charge is 0.310 e. The molecule has 2 aliphatic heterocycles. The van der Waals surface area contributed by atoms with Gasteiger partial charge in [0.05, 0.1) is 11.8 Å². The molecule has 0 aromatic carbocycles. The number of rotatable bonds is 0. The number of carbonyl (C=O) groups excluding carboxylic acids is 2. The molecule has 1 aliphatic carbocycles. The van der Waals surface area contributed by atoms with Gasteiger partial charge in [0.15, 0.2) is 5.78 Å². The molecule has 3 aliphatic rings. The van der Waals surface area contributed by atoms with Gasteiger partial charge in [-0.2, -0.15) is 0 Å². The van der Waals surface area contributed by atoms with Crippen molar-refractivity contribution >= 4 is 11.8 Å². The highest BCUT2D eigenvalue weighted by Gasteiger charge is 2.59. The van der Waals surface area contributed by atoms with E-state index in [1.165, 1.54) is 0 Å². The van der Waals surface area contributed by atoms with Crippen LogP contribution in [-0.4, -0.2) is 18.0 Å². The van der Waals surface area contributed by atoms with Gasteiger partial charge in [-0.3, -0.25) is 9.59 Å². The molecule has 1 fully saturated rings. The molecule has 0 unspecified atom stereocenters. The Morgan fingerprint density at radius 3 is 2.47 bits per heavy atom. The van der Waals surface area contributed by atoms with Gasteiger partial charge in [-0.1, -0.05) is 13.8 Å². The first-order valence-electron chi connectivity index (χ1n) is 5.95. The zero-order chi connectivity index (χ0) is 12.4. The third-order valence-electron chi connectivity index (χ3n) is 3.93. The maximum atomic E-state index is 12.2. The minimum Gasteiger partial charge on any atom is -0.458 e. The quantitative estimate of drug-likeness (QED) is 0.603. The molecule has 0 aromatic heterocycles. The zero-order valence-corrected chi connectivity index (χ0v) is 10.3. The molecule has 0 saturated carbocycles. The predicted octanol–water partition coefficient (Wildman–Crippen LogP) is 1.94. The molecular formula is C13H16O4. The average Bonchev–Trinajstić information content (AvgIpc) is 2.49. The lowest BCUT2D eigenvalue weighted by molar-refractivity contribution is -0.159. The fourth-order valence-electron chi connectivity index (χ4n) is 3.17. The second-order valence-corrected chi connectivity index (χ2v) is 6.27. The summed E-state index contributed by atoms with van der Waals surface area (Å²) in [7, 11) is 0. The maximum Gasteiger partial charge on any atom is 0.310 e. The Bertz CT molecular complexity index is 460. The average molecular weight is 236 g/mol. The molecule has 4 nitrogen and oxygen atoms in total. The van der Waals surface area contributed by atoms with Crippen LogP contribution in [0.25, 0.3) is 0 Å². The van der Waals surface area contributed by atoms with Crippen molar-refractivity contribution in [1.82, 2.24) is 0 Å². The Hall–Kier alpha value is -1.32. The number of hydrogen-bond acceptors (Lipinski definition) is 4. The maximum absolute atomic E-state index is 12.2. The van der Waals surface area contributed by atoms with E-state index in [2.05, 4.69) is 13.8 Å². The predicted molar refractivity (Wildman–Crippen MR) is 58.7 cm³/mol. The largest absolute Gasteiger partial charge is 0.458 e. The van der Waals surface area contributed by atoms with Crippen molar-refractivity contribution in [3.05, 3.63) is 11.3 Å². The second-order valence-electron chi connectivity index (χ2n) is 6.27. The van der Waals surface area contributed by atoms with Gasteiger partial charge in [-0.25, -0.2) is 0 Å². The Morgan fingerprint density at radius 1 is 1.06 bits per heavy atom. The van der Waals surface area contributed by atoms with Crippen molar-refractivity contribution in [1.29, 1.82) is 0 Å². The van der Waals surface area contributed by atoms with E-state index in [0.29, 0.717) is 12.0 Å². The number of carbonyl (C=O) groups is 2. The molecule has 17 heavy (non-hydrogen) atoms. The number of esters is 1. The van der Waals surface area contributed by atoms with Gasteiger partial charge in [0.25, 0.3) is 6.29 Å². The SMILES string of the molecule is CC1(C)CC(=O)C2=C(C1)O[C@@H]1OC(=O)C[C@@]21C. The lowest BCUT2D eigenvalue weighted by Crippen LogP contribution is -2.32. The van der Waals surface area contributed by atoms with Gasteiger partial charge in [-0.15, -0.1) is 0 Å². The van der Waals surface area contributed by atoms with E-state index in [4.69, 9.17) is 9.47 Å². The number of hydrogen-bond donors (Lipinski definition) is 0. The van der Waals surface area contributed by atoms with Crippen LogP contribution in [0.2, 0.25) is 0 Å². The van der Waals surface area contributed by atoms with Crippen LogP contribution in [0.3, 0.4) is 0 Å². The van der Waals surface area contributed by atoms with Gasteiger partial charge in [0, 0.05) is 18.4 Å². The zero-order valence-electron chi connectivity index (χ0n) is 10.3. The Kier molecular flexibility index (Phi) is 1.86. The summed E-state index contributed by atoms with van der Waals surface area (Å²) in [6.45, 7) is 6.00. The van der Waals surface area contributed by atoms with Gasteiger partial charge >= 0.3 is 5.97 Å². The van der Waals surface area contributed by atoms with Crippen molar-refractivity contribution in [2.24, 2.45) is 10.8 Å². The Balaban J connectivity index is 2.05. The Labute approximate surface area is 100.0 Å². The van der Waals surface area contributed by atoms with E-state index in [0.717, 1.165) is 12.2 Å². The molecule has 0 amide bonds. The highest BCUT2D eigenvalue weighted by Crippen LogP contribution is 2.55. The van der Waals surface area contributed by atoms with Crippen LogP contribution in [0.1, 0.15) is 40.0 Å². The van der Waals surface area contributed by atoms with Crippen molar-refractivity contribution in [2.75, 3.05) is 0 Å². The molecule has 0 bridgehead atoms. The lowest BCUT2D eigenvalue weighted by atomic mass is 9.69. The van der Waals surface area contributed by atoms with Crippen molar-refractivity contribution in [3.8, 4) is 0 Å². The van der Waals surface area contributed by atoms with Gasteiger partial charge < -0.3 is 9.47 Å². The number of fused-ring (bicyclic) bond motifs is 2.